The van der Waals surface area contributed by atoms with E-state index in [1.807, 2.05) is 48.5 Å². The number of nitrogens with one attached hydrogen (secondary N) is 1. The fourth-order valence-corrected chi connectivity index (χ4v) is 8.13. The molecule has 0 radical (unpaired) electrons. The molecule has 0 saturated carbocycles. The van der Waals surface area contributed by atoms with E-state index < -0.39 is 0 Å². The number of pyridine rings is 1. The Labute approximate surface area is 342 Å². The zero-order chi connectivity index (χ0) is 39.1. The summed E-state index contributed by atoms with van der Waals surface area (Å²) < 4.78 is 6.43. The van der Waals surface area contributed by atoms with E-state index in [0.29, 0.717) is 5.82 Å². The molecule has 0 amide bonds. The Balaban J connectivity index is 0.915. The average Bonchev–Trinajstić information content (AvgIpc) is 3.77. The van der Waals surface area contributed by atoms with E-state index in [1.165, 1.54) is 11.1 Å². The van der Waals surface area contributed by atoms with Gasteiger partial charge in [-0.3, -0.25) is 0 Å². The Kier molecular flexibility index (Phi) is 8.48. The molecular formula is C54H36N4O. The summed E-state index contributed by atoms with van der Waals surface area (Å²) in [5.41, 5.74) is 14.4. The lowest BCUT2D eigenvalue weighted by atomic mass is 9.96. The van der Waals surface area contributed by atoms with Gasteiger partial charge in [0.15, 0.2) is 12.1 Å². The van der Waals surface area contributed by atoms with Gasteiger partial charge in [-0.15, -0.1) is 0 Å². The summed E-state index contributed by atoms with van der Waals surface area (Å²) in [6, 6.07) is 71.5. The fourth-order valence-electron chi connectivity index (χ4n) is 8.13. The number of hydrogen-bond donors (Lipinski definition) is 1. The van der Waals surface area contributed by atoms with Crippen molar-refractivity contribution in [3.8, 4) is 73.2 Å². The summed E-state index contributed by atoms with van der Waals surface area (Å²) in [6.45, 7) is 0. The van der Waals surface area contributed by atoms with Crippen LogP contribution < -0.4 is 10.1 Å². The van der Waals surface area contributed by atoms with Gasteiger partial charge in [0.1, 0.15) is 5.75 Å². The number of benzene rings is 8. The number of para-hydroxylation sites is 1. The van der Waals surface area contributed by atoms with Crippen molar-refractivity contribution in [1.82, 2.24) is 15.0 Å². The third kappa shape index (κ3) is 6.45. The van der Waals surface area contributed by atoms with Crippen molar-refractivity contribution in [2.45, 2.75) is 6.23 Å². The minimum atomic E-state index is -0.252. The number of rotatable bonds is 7. The molecule has 0 bridgehead atoms. The van der Waals surface area contributed by atoms with Crippen molar-refractivity contribution in [1.29, 1.82) is 0 Å². The van der Waals surface area contributed by atoms with E-state index >= 15 is 0 Å². The van der Waals surface area contributed by atoms with E-state index in [0.717, 1.165) is 89.1 Å². The lowest BCUT2D eigenvalue weighted by Crippen LogP contribution is -2.09. The molecule has 8 aromatic carbocycles. The van der Waals surface area contributed by atoms with Crippen LogP contribution in [-0.4, -0.2) is 15.0 Å². The van der Waals surface area contributed by atoms with Gasteiger partial charge < -0.3 is 10.1 Å². The number of nitrogens with zero attached hydrogens (tertiary/aromatic N) is 3. The number of anilines is 1. The molecule has 1 aliphatic rings. The predicted molar refractivity (Wildman–Crippen MR) is 241 cm³/mol. The van der Waals surface area contributed by atoms with Gasteiger partial charge in [-0.25, -0.2) is 15.0 Å². The van der Waals surface area contributed by atoms with Gasteiger partial charge in [0.2, 0.25) is 0 Å². The number of fused-ring (bicyclic) bond motifs is 5. The normalized spacial score (nSPS) is 13.2. The molecule has 1 unspecified atom stereocenters. The Morgan fingerprint density at radius 1 is 0.390 bits per heavy atom. The zero-order valence-electron chi connectivity index (χ0n) is 32.0. The number of aromatic nitrogens is 3. The summed E-state index contributed by atoms with van der Waals surface area (Å²) in [5, 5.41) is 6.98. The quantitative estimate of drug-likeness (QED) is 0.164. The van der Waals surface area contributed by atoms with Crippen molar-refractivity contribution in [3.63, 3.8) is 0 Å². The first kappa shape index (κ1) is 34.4. The number of ether oxygens (including phenoxy) is 1. The highest BCUT2D eigenvalue weighted by Gasteiger charge is 2.27. The molecule has 0 spiro atoms. The summed E-state index contributed by atoms with van der Waals surface area (Å²) in [5.74, 6) is 1.54. The average molecular weight is 757 g/mol. The minimum Gasteiger partial charge on any atom is -0.464 e. The van der Waals surface area contributed by atoms with Gasteiger partial charge >= 0.3 is 0 Å². The second-order valence-corrected chi connectivity index (χ2v) is 14.8. The SMILES string of the molecule is c1ccc(-c2ccc(-c3cc(-c4ccc(-c5ccc(-c6nc7ccccc7c7c8c(ccc67)OC(c6ccccc6)N8)cc5)cc4)nc(-c4ccccc4)n3)cc2)cc1. The third-order valence-corrected chi connectivity index (χ3v) is 11.2. The molecule has 59 heavy (non-hydrogen) atoms. The smallest absolute Gasteiger partial charge is 0.196 e. The van der Waals surface area contributed by atoms with Crippen LogP contribution in [-0.2, 0) is 0 Å². The Hall–Kier alpha value is -7.89. The van der Waals surface area contributed by atoms with Crippen LogP contribution in [0.25, 0.3) is 89.1 Å². The van der Waals surface area contributed by atoms with E-state index in [-0.39, 0.29) is 6.23 Å². The second-order valence-electron chi connectivity index (χ2n) is 14.8. The van der Waals surface area contributed by atoms with Gasteiger partial charge in [0, 0.05) is 44.0 Å². The maximum Gasteiger partial charge on any atom is 0.196 e. The van der Waals surface area contributed by atoms with Crippen LogP contribution in [0.2, 0.25) is 0 Å². The Morgan fingerprint density at radius 2 is 0.881 bits per heavy atom. The van der Waals surface area contributed by atoms with Crippen molar-refractivity contribution in [2.75, 3.05) is 5.32 Å². The maximum absolute atomic E-state index is 6.43. The van der Waals surface area contributed by atoms with E-state index in [9.17, 15) is 0 Å². The van der Waals surface area contributed by atoms with Crippen LogP contribution in [0.4, 0.5) is 5.69 Å². The third-order valence-electron chi connectivity index (χ3n) is 11.2. The minimum absolute atomic E-state index is 0.252. The van der Waals surface area contributed by atoms with Gasteiger partial charge in [0.05, 0.1) is 28.3 Å². The van der Waals surface area contributed by atoms with Crippen LogP contribution in [0.1, 0.15) is 11.8 Å². The molecule has 11 rings (SSSR count). The van der Waals surface area contributed by atoms with Crippen LogP contribution in [0.3, 0.4) is 0 Å². The summed E-state index contributed by atoms with van der Waals surface area (Å²) in [4.78, 5) is 15.3. The largest absolute Gasteiger partial charge is 0.464 e. The van der Waals surface area contributed by atoms with Crippen molar-refractivity contribution in [2.24, 2.45) is 0 Å². The lowest BCUT2D eigenvalue weighted by Gasteiger charge is -2.13. The standard InChI is InChI=1S/C54H36N4O/c1-4-12-35(13-5-1)36-20-26-39(27-21-36)47-34-48(57-53(56-47)42-14-6-2-7-15-42)40-28-22-37(23-29-40)38-24-30-41(31-25-38)51-45-32-33-49-52(50(45)44-18-10-11-19-46(44)55-51)58-54(59-49)43-16-8-3-9-17-43/h1-34,54,58H. The molecule has 1 atom stereocenters. The highest BCUT2D eigenvalue weighted by Crippen LogP contribution is 2.47. The molecule has 3 heterocycles. The Bertz CT molecular complexity index is 3120. The molecule has 1 aliphatic heterocycles. The molecule has 0 aliphatic carbocycles. The molecular weight excluding hydrogens is 721 g/mol. The summed E-state index contributed by atoms with van der Waals surface area (Å²) in [6.07, 6.45) is -0.252. The topological polar surface area (TPSA) is 59.9 Å². The number of hydrogen-bond acceptors (Lipinski definition) is 5. The van der Waals surface area contributed by atoms with Gasteiger partial charge in [-0.1, -0.05) is 182 Å². The zero-order valence-corrected chi connectivity index (χ0v) is 32.0. The molecule has 2 aromatic heterocycles. The Morgan fingerprint density at radius 3 is 1.49 bits per heavy atom. The van der Waals surface area contributed by atoms with Gasteiger partial charge in [-0.05, 0) is 46.5 Å². The lowest BCUT2D eigenvalue weighted by molar-refractivity contribution is 0.260. The van der Waals surface area contributed by atoms with E-state index in [1.54, 1.807) is 0 Å². The van der Waals surface area contributed by atoms with Crippen LogP contribution >= 0.6 is 0 Å². The molecule has 5 nitrogen and oxygen atoms in total. The van der Waals surface area contributed by atoms with Crippen molar-refractivity contribution in [3.05, 3.63) is 212 Å². The molecule has 5 heteroatoms. The van der Waals surface area contributed by atoms with Gasteiger partial charge in [-0.2, -0.15) is 0 Å². The first-order valence-electron chi connectivity index (χ1n) is 19.9. The highest BCUT2D eigenvalue weighted by molar-refractivity contribution is 6.17. The van der Waals surface area contributed by atoms with Crippen LogP contribution in [0.15, 0.2) is 206 Å². The second kappa shape index (κ2) is 14.6. The van der Waals surface area contributed by atoms with Gasteiger partial charge in [0.25, 0.3) is 0 Å². The monoisotopic (exact) mass is 756 g/mol. The molecule has 278 valence electrons. The van der Waals surface area contributed by atoms with Crippen LogP contribution in [0, 0.1) is 0 Å². The van der Waals surface area contributed by atoms with Crippen molar-refractivity contribution >= 4 is 27.4 Å². The molecule has 10 aromatic rings. The fraction of sp³-hybridized carbons (Fsp3) is 0.0185. The molecule has 1 N–H and O–H groups in total. The summed E-state index contributed by atoms with van der Waals surface area (Å²) in [7, 11) is 0. The first-order valence-corrected chi connectivity index (χ1v) is 19.9. The maximum atomic E-state index is 6.43. The summed E-state index contributed by atoms with van der Waals surface area (Å²) >= 11 is 0. The van der Waals surface area contributed by atoms with Crippen molar-refractivity contribution < 1.29 is 4.74 Å². The molecule has 0 saturated heterocycles. The van der Waals surface area contributed by atoms with E-state index in [4.69, 9.17) is 19.7 Å². The molecule has 0 fully saturated rings. The predicted octanol–water partition coefficient (Wildman–Crippen LogP) is 13.7. The first-order chi connectivity index (χ1) is 29.2. The van der Waals surface area contributed by atoms with Crippen LogP contribution in [0.5, 0.6) is 5.75 Å². The van der Waals surface area contributed by atoms with E-state index in [2.05, 4.69) is 163 Å². The highest BCUT2D eigenvalue weighted by atomic mass is 16.5.